The van der Waals surface area contributed by atoms with Gasteiger partial charge in [0.1, 0.15) is 11.5 Å². The fourth-order valence-electron chi connectivity index (χ4n) is 1.64. The van der Waals surface area contributed by atoms with E-state index in [-0.39, 0.29) is 12.4 Å². The Morgan fingerprint density at radius 1 is 1.38 bits per heavy atom. The van der Waals surface area contributed by atoms with E-state index in [2.05, 4.69) is 5.32 Å². The lowest BCUT2D eigenvalue weighted by Crippen LogP contribution is -2.23. The van der Waals surface area contributed by atoms with Crippen LogP contribution in [0.5, 0.6) is 5.75 Å². The first-order chi connectivity index (χ1) is 7.18. The predicted molar refractivity (Wildman–Crippen MR) is 65.2 cm³/mol. The number of para-hydroxylation sites is 1. The third kappa shape index (κ3) is 3.22. The van der Waals surface area contributed by atoms with E-state index in [1.807, 2.05) is 6.07 Å². The second-order valence-corrected chi connectivity index (χ2v) is 5.51. The molecule has 0 radical (unpaired) electrons. The summed E-state index contributed by atoms with van der Waals surface area (Å²) in [6.45, 7) is 0.785. The van der Waals surface area contributed by atoms with Crippen molar-refractivity contribution in [2.45, 2.75) is 18.6 Å². The molecule has 2 N–H and O–H groups in total. The predicted octanol–water partition coefficient (Wildman–Crippen LogP) is 2.38. The van der Waals surface area contributed by atoms with Gasteiger partial charge in [-0.1, -0.05) is 18.2 Å². The minimum absolute atomic E-state index is 0. The van der Waals surface area contributed by atoms with Gasteiger partial charge >= 0.3 is 7.60 Å². The molecule has 2 unspecified atom stereocenters. The summed E-state index contributed by atoms with van der Waals surface area (Å²) >= 11 is 0. The van der Waals surface area contributed by atoms with Crippen LogP contribution in [-0.2, 0) is 4.57 Å². The molecule has 1 aliphatic rings. The summed E-state index contributed by atoms with van der Waals surface area (Å²) in [5.41, 5.74) is 0. The molecular weight excluding hydrogens is 249 g/mol. The zero-order valence-corrected chi connectivity index (χ0v) is 10.4. The molecule has 6 heteroatoms. The summed E-state index contributed by atoms with van der Waals surface area (Å²) in [5.74, 6) is 0.0229. The molecule has 1 saturated heterocycles. The van der Waals surface area contributed by atoms with Gasteiger partial charge in [0.15, 0.2) is 0 Å². The van der Waals surface area contributed by atoms with Crippen molar-refractivity contribution in [1.29, 1.82) is 0 Å². The molecule has 0 saturated carbocycles. The fraction of sp³-hybridized carbons (Fsp3) is 0.400. The van der Waals surface area contributed by atoms with Crippen molar-refractivity contribution in [3.05, 3.63) is 30.3 Å². The maximum absolute atomic E-state index is 11.9. The topological polar surface area (TPSA) is 58.6 Å². The molecule has 0 amide bonds. The first-order valence-electron chi connectivity index (χ1n) is 4.99. The average Bonchev–Trinajstić information content (AvgIpc) is 2.71. The molecule has 1 fully saturated rings. The first-order valence-corrected chi connectivity index (χ1v) is 6.64. The Labute approximate surface area is 101 Å². The monoisotopic (exact) mass is 263 g/mol. The second-order valence-electron chi connectivity index (χ2n) is 3.58. The minimum atomic E-state index is -3.57. The summed E-state index contributed by atoms with van der Waals surface area (Å²) in [6.07, 6.45) is 1.62. The van der Waals surface area contributed by atoms with Crippen LogP contribution in [0.4, 0.5) is 0 Å². The van der Waals surface area contributed by atoms with E-state index in [0.29, 0.717) is 12.2 Å². The van der Waals surface area contributed by atoms with Crippen LogP contribution < -0.4 is 9.84 Å². The van der Waals surface area contributed by atoms with Crippen LogP contribution in [0.3, 0.4) is 0 Å². The molecule has 1 heterocycles. The molecule has 1 aromatic rings. The van der Waals surface area contributed by atoms with Gasteiger partial charge in [-0.05, 0) is 31.5 Å². The third-order valence-corrected chi connectivity index (χ3v) is 4.11. The molecule has 0 bridgehead atoms. The largest absolute Gasteiger partial charge is 0.423 e. The zero-order chi connectivity index (χ0) is 10.7. The van der Waals surface area contributed by atoms with Crippen LogP contribution in [0, 0.1) is 0 Å². The van der Waals surface area contributed by atoms with E-state index in [9.17, 15) is 9.46 Å². The van der Waals surface area contributed by atoms with Crippen LogP contribution in [0.25, 0.3) is 0 Å². The highest BCUT2D eigenvalue weighted by Gasteiger charge is 2.35. The SMILES string of the molecule is Cl.O=P(O)(Oc1ccccc1)C1CCCN1. The first kappa shape index (κ1) is 13.5. The lowest BCUT2D eigenvalue weighted by Gasteiger charge is -2.18. The molecule has 2 rings (SSSR count). The van der Waals surface area contributed by atoms with Gasteiger partial charge in [0, 0.05) is 0 Å². The standard InChI is InChI=1S/C10H14NO3P.ClH/c12-15(13,10-7-4-8-11-10)14-9-5-2-1-3-6-9;/h1-3,5-6,10-11H,4,7-8H2,(H,12,13);1H. The molecule has 0 spiro atoms. The van der Waals surface area contributed by atoms with Crippen molar-refractivity contribution in [2.24, 2.45) is 0 Å². The van der Waals surface area contributed by atoms with Crippen LogP contribution >= 0.6 is 20.0 Å². The van der Waals surface area contributed by atoms with Gasteiger partial charge in [0.2, 0.25) is 0 Å². The van der Waals surface area contributed by atoms with Crippen molar-refractivity contribution >= 4 is 20.0 Å². The van der Waals surface area contributed by atoms with Crippen LogP contribution in [-0.4, -0.2) is 17.2 Å². The molecule has 16 heavy (non-hydrogen) atoms. The molecule has 90 valence electrons. The van der Waals surface area contributed by atoms with E-state index in [1.165, 1.54) is 0 Å². The number of rotatable bonds is 3. The maximum atomic E-state index is 11.9. The summed E-state index contributed by atoms with van der Waals surface area (Å²) in [7, 11) is -3.57. The molecule has 1 aliphatic heterocycles. The lowest BCUT2D eigenvalue weighted by atomic mass is 10.3. The van der Waals surface area contributed by atoms with Crippen LogP contribution in [0.2, 0.25) is 0 Å². The van der Waals surface area contributed by atoms with Crippen molar-refractivity contribution < 1.29 is 14.0 Å². The van der Waals surface area contributed by atoms with Gasteiger partial charge in [0.05, 0.1) is 0 Å². The van der Waals surface area contributed by atoms with E-state index in [0.717, 1.165) is 13.0 Å². The highest BCUT2D eigenvalue weighted by Crippen LogP contribution is 2.49. The fourth-order valence-corrected chi connectivity index (χ4v) is 3.06. The van der Waals surface area contributed by atoms with Gasteiger partial charge in [0.25, 0.3) is 0 Å². The van der Waals surface area contributed by atoms with Crippen LogP contribution in [0.15, 0.2) is 30.3 Å². The summed E-state index contributed by atoms with van der Waals surface area (Å²) in [5, 5.41) is 2.98. The Kier molecular flexibility index (Phi) is 4.81. The number of hydrogen-bond acceptors (Lipinski definition) is 3. The van der Waals surface area contributed by atoms with E-state index >= 15 is 0 Å². The van der Waals surface area contributed by atoms with E-state index < -0.39 is 13.4 Å². The maximum Gasteiger partial charge on any atom is 0.393 e. The number of benzene rings is 1. The Morgan fingerprint density at radius 2 is 2.06 bits per heavy atom. The Hall–Kier alpha value is -0.540. The highest BCUT2D eigenvalue weighted by molar-refractivity contribution is 7.54. The van der Waals surface area contributed by atoms with Crippen molar-refractivity contribution in [3.8, 4) is 5.75 Å². The quantitative estimate of drug-likeness (QED) is 0.822. The lowest BCUT2D eigenvalue weighted by molar-refractivity contribution is 0.360. The summed E-state index contributed by atoms with van der Waals surface area (Å²) < 4.78 is 17.0. The Morgan fingerprint density at radius 3 is 2.62 bits per heavy atom. The van der Waals surface area contributed by atoms with Crippen LogP contribution in [0.1, 0.15) is 12.8 Å². The smallest absolute Gasteiger partial charge is 0.393 e. The van der Waals surface area contributed by atoms with E-state index in [4.69, 9.17) is 4.52 Å². The number of nitrogens with one attached hydrogen (secondary N) is 1. The summed E-state index contributed by atoms with van der Waals surface area (Å²) in [4.78, 5) is 9.74. The molecule has 0 aliphatic carbocycles. The number of hydrogen-bond donors (Lipinski definition) is 2. The van der Waals surface area contributed by atoms with Gasteiger partial charge in [-0.3, -0.25) is 0 Å². The minimum Gasteiger partial charge on any atom is -0.423 e. The van der Waals surface area contributed by atoms with Crippen molar-refractivity contribution in [3.63, 3.8) is 0 Å². The van der Waals surface area contributed by atoms with E-state index in [1.54, 1.807) is 24.3 Å². The molecule has 1 aromatic carbocycles. The van der Waals surface area contributed by atoms with Gasteiger partial charge in [-0.15, -0.1) is 12.4 Å². The molecule has 4 nitrogen and oxygen atoms in total. The van der Waals surface area contributed by atoms with Crippen molar-refractivity contribution in [1.82, 2.24) is 5.32 Å². The van der Waals surface area contributed by atoms with Gasteiger partial charge in [-0.25, -0.2) is 4.57 Å². The number of halogens is 1. The Balaban J connectivity index is 0.00000128. The second kappa shape index (κ2) is 5.69. The van der Waals surface area contributed by atoms with Crippen molar-refractivity contribution in [2.75, 3.05) is 6.54 Å². The van der Waals surface area contributed by atoms with Gasteiger partial charge < -0.3 is 14.7 Å². The highest BCUT2D eigenvalue weighted by atomic mass is 35.5. The summed E-state index contributed by atoms with van der Waals surface area (Å²) in [6, 6.07) is 8.74. The van der Waals surface area contributed by atoms with Gasteiger partial charge in [-0.2, -0.15) is 0 Å². The molecule has 0 aromatic heterocycles. The Bertz CT molecular complexity index is 368. The zero-order valence-electron chi connectivity index (χ0n) is 8.70. The molecular formula is C10H15ClNO3P. The third-order valence-electron chi connectivity index (χ3n) is 2.41. The molecule has 2 atom stereocenters. The average molecular weight is 264 g/mol. The normalized spacial score (nSPS) is 23.2.